The normalized spacial score (nSPS) is 10.3. The molecule has 0 radical (unpaired) electrons. The molecule has 4 nitrogen and oxygen atoms in total. The molecule has 120 valence electrons. The van der Waals surface area contributed by atoms with E-state index in [-0.39, 0.29) is 11.0 Å². The molecule has 5 heteroatoms. The average Bonchev–Trinajstić information content (AvgIpc) is 2.55. The molecule has 0 bridgehead atoms. The summed E-state index contributed by atoms with van der Waals surface area (Å²) >= 11 is 5.25. The smallest absolute Gasteiger partial charge is 0.257 e. The molecule has 2 aromatic rings. The molecule has 2 rings (SSSR count). The first kappa shape index (κ1) is 17.0. The van der Waals surface area contributed by atoms with E-state index in [0.29, 0.717) is 11.5 Å². The number of hydrogen-bond donors (Lipinski definition) is 2. The van der Waals surface area contributed by atoms with Crippen LogP contribution in [0.15, 0.2) is 48.5 Å². The minimum absolute atomic E-state index is 0.239. The second-order valence-electron chi connectivity index (χ2n) is 5.38. The predicted molar refractivity (Wildman–Crippen MR) is 97.2 cm³/mol. The van der Waals surface area contributed by atoms with Gasteiger partial charge in [-0.1, -0.05) is 38.1 Å². The average molecular weight is 328 g/mol. The number of ether oxygens (including phenoxy) is 1. The Morgan fingerprint density at radius 3 is 2.43 bits per heavy atom. The van der Waals surface area contributed by atoms with E-state index in [0.717, 1.165) is 17.0 Å². The second kappa shape index (κ2) is 7.74. The van der Waals surface area contributed by atoms with Crippen LogP contribution in [0.25, 0.3) is 0 Å². The first-order chi connectivity index (χ1) is 11.0. The highest BCUT2D eigenvalue weighted by Crippen LogP contribution is 2.28. The van der Waals surface area contributed by atoms with Gasteiger partial charge in [0.15, 0.2) is 5.11 Å². The third kappa shape index (κ3) is 4.53. The standard InChI is InChI=1S/C18H20N2O2S/c1-12(2)15-10-9-14(22-3)11-16(15)19-18(23)20-17(21)13-7-5-4-6-8-13/h4-12H,1-3H3,(H2,19,20,21,23). The Bertz CT molecular complexity index is 699. The third-order valence-corrected chi connectivity index (χ3v) is 3.60. The van der Waals surface area contributed by atoms with Gasteiger partial charge in [0.1, 0.15) is 5.75 Å². The molecular weight excluding hydrogens is 308 g/mol. The first-order valence-corrected chi connectivity index (χ1v) is 7.77. The lowest BCUT2D eigenvalue weighted by atomic mass is 10.0. The first-order valence-electron chi connectivity index (χ1n) is 7.36. The molecule has 0 unspecified atom stereocenters. The summed E-state index contributed by atoms with van der Waals surface area (Å²) < 4.78 is 5.25. The Labute approximate surface area is 141 Å². The van der Waals surface area contributed by atoms with Crippen molar-refractivity contribution < 1.29 is 9.53 Å². The number of anilines is 1. The van der Waals surface area contributed by atoms with Crippen LogP contribution in [0.3, 0.4) is 0 Å². The Morgan fingerprint density at radius 1 is 1.13 bits per heavy atom. The second-order valence-corrected chi connectivity index (χ2v) is 5.79. The number of carbonyl (C=O) groups is 1. The lowest BCUT2D eigenvalue weighted by Gasteiger charge is -2.17. The van der Waals surface area contributed by atoms with Crippen molar-refractivity contribution in [1.29, 1.82) is 0 Å². The van der Waals surface area contributed by atoms with Crippen molar-refractivity contribution in [2.45, 2.75) is 19.8 Å². The molecule has 0 aliphatic heterocycles. The van der Waals surface area contributed by atoms with Crippen molar-refractivity contribution in [3.05, 3.63) is 59.7 Å². The maximum Gasteiger partial charge on any atom is 0.257 e. The van der Waals surface area contributed by atoms with E-state index in [1.165, 1.54) is 0 Å². The molecule has 0 spiro atoms. The number of methoxy groups -OCH3 is 1. The molecule has 0 aromatic heterocycles. The van der Waals surface area contributed by atoms with Gasteiger partial charge in [0.2, 0.25) is 0 Å². The minimum Gasteiger partial charge on any atom is -0.497 e. The summed E-state index contributed by atoms with van der Waals surface area (Å²) in [7, 11) is 1.61. The number of rotatable bonds is 4. The van der Waals surface area contributed by atoms with Crippen LogP contribution in [0.5, 0.6) is 5.75 Å². The van der Waals surface area contributed by atoms with Gasteiger partial charge in [-0.15, -0.1) is 0 Å². The number of nitrogens with one attached hydrogen (secondary N) is 2. The zero-order valence-electron chi connectivity index (χ0n) is 13.4. The molecule has 0 saturated heterocycles. The molecular formula is C18H20N2O2S. The highest BCUT2D eigenvalue weighted by molar-refractivity contribution is 7.80. The molecule has 0 aliphatic carbocycles. The summed E-state index contributed by atoms with van der Waals surface area (Å²) in [5.41, 5.74) is 2.49. The van der Waals surface area contributed by atoms with Gasteiger partial charge in [-0.3, -0.25) is 10.1 Å². The van der Waals surface area contributed by atoms with E-state index in [1.54, 1.807) is 19.2 Å². The molecule has 0 atom stereocenters. The van der Waals surface area contributed by atoms with Crippen molar-refractivity contribution >= 4 is 28.9 Å². The number of benzene rings is 2. The molecule has 2 N–H and O–H groups in total. The van der Waals surface area contributed by atoms with Crippen LogP contribution in [0.2, 0.25) is 0 Å². The van der Waals surface area contributed by atoms with E-state index < -0.39 is 0 Å². The Kier molecular flexibility index (Phi) is 5.71. The van der Waals surface area contributed by atoms with Crippen molar-refractivity contribution in [2.75, 3.05) is 12.4 Å². The van der Waals surface area contributed by atoms with Gasteiger partial charge in [0, 0.05) is 17.3 Å². The van der Waals surface area contributed by atoms with E-state index in [4.69, 9.17) is 17.0 Å². The Balaban J connectivity index is 2.12. The van der Waals surface area contributed by atoms with E-state index in [2.05, 4.69) is 24.5 Å². The topological polar surface area (TPSA) is 50.4 Å². The lowest BCUT2D eigenvalue weighted by molar-refractivity contribution is 0.0977. The van der Waals surface area contributed by atoms with Gasteiger partial charge < -0.3 is 10.1 Å². The molecule has 0 heterocycles. The fourth-order valence-corrected chi connectivity index (χ4v) is 2.40. The highest BCUT2D eigenvalue weighted by Gasteiger charge is 2.12. The van der Waals surface area contributed by atoms with Crippen LogP contribution >= 0.6 is 12.2 Å². The third-order valence-electron chi connectivity index (χ3n) is 3.39. The monoisotopic (exact) mass is 328 g/mol. The summed E-state index contributed by atoms with van der Waals surface area (Å²) in [6.45, 7) is 4.19. The van der Waals surface area contributed by atoms with Crippen LogP contribution in [-0.4, -0.2) is 18.1 Å². The summed E-state index contributed by atoms with van der Waals surface area (Å²) in [6.07, 6.45) is 0. The van der Waals surface area contributed by atoms with Crippen molar-refractivity contribution in [3.8, 4) is 5.75 Å². The van der Waals surface area contributed by atoms with Gasteiger partial charge in [0.25, 0.3) is 5.91 Å². The van der Waals surface area contributed by atoms with Crippen LogP contribution in [0.4, 0.5) is 5.69 Å². The lowest BCUT2D eigenvalue weighted by Crippen LogP contribution is -2.34. The molecule has 2 aromatic carbocycles. The van der Waals surface area contributed by atoms with Gasteiger partial charge in [0.05, 0.1) is 7.11 Å². The van der Waals surface area contributed by atoms with Crippen molar-refractivity contribution in [3.63, 3.8) is 0 Å². The van der Waals surface area contributed by atoms with Crippen molar-refractivity contribution in [1.82, 2.24) is 5.32 Å². The van der Waals surface area contributed by atoms with Gasteiger partial charge >= 0.3 is 0 Å². The van der Waals surface area contributed by atoms with Crippen LogP contribution in [0.1, 0.15) is 35.7 Å². The number of thiocarbonyl (C=S) groups is 1. The SMILES string of the molecule is COc1ccc(C(C)C)c(NC(=S)NC(=O)c2ccccc2)c1. The van der Waals surface area contributed by atoms with E-state index in [9.17, 15) is 4.79 Å². The fraction of sp³-hybridized carbons (Fsp3) is 0.222. The van der Waals surface area contributed by atoms with Gasteiger partial charge in [-0.2, -0.15) is 0 Å². The Morgan fingerprint density at radius 2 is 1.83 bits per heavy atom. The van der Waals surface area contributed by atoms with Gasteiger partial charge in [-0.05, 0) is 41.9 Å². The number of carbonyl (C=O) groups excluding carboxylic acids is 1. The Hall–Kier alpha value is -2.40. The molecule has 1 amide bonds. The minimum atomic E-state index is -0.239. The summed E-state index contributed by atoms with van der Waals surface area (Å²) in [6, 6.07) is 14.7. The summed E-state index contributed by atoms with van der Waals surface area (Å²) in [5.74, 6) is 0.808. The molecule has 0 saturated carbocycles. The predicted octanol–water partition coefficient (Wildman–Crippen LogP) is 3.95. The number of hydrogen-bond acceptors (Lipinski definition) is 3. The maximum absolute atomic E-state index is 12.1. The van der Waals surface area contributed by atoms with Crippen LogP contribution < -0.4 is 15.4 Å². The summed E-state index contributed by atoms with van der Waals surface area (Å²) in [5, 5.41) is 6.03. The molecule has 23 heavy (non-hydrogen) atoms. The van der Waals surface area contributed by atoms with E-state index in [1.807, 2.05) is 36.4 Å². The largest absolute Gasteiger partial charge is 0.497 e. The highest BCUT2D eigenvalue weighted by atomic mass is 32.1. The maximum atomic E-state index is 12.1. The zero-order valence-corrected chi connectivity index (χ0v) is 14.2. The van der Waals surface area contributed by atoms with Crippen LogP contribution in [0, 0.1) is 0 Å². The van der Waals surface area contributed by atoms with Crippen LogP contribution in [-0.2, 0) is 0 Å². The zero-order chi connectivity index (χ0) is 16.8. The van der Waals surface area contributed by atoms with Gasteiger partial charge in [-0.25, -0.2) is 0 Å². The summed E-state index contributed by atoms with van der Waals surface area (Å²) in [4.78, 5) is 12.1. The quantitative estimate of drug-likeness (QED) is 0.835. The fourth-order valence-electron chi connectivity index (χ4n) is 2.19. The van der Waals surface area contributed by atoms with E-state index >= 15 is 0 Å². The molecule has 0 aliphatic rings. The number of amides is 1. The van der Waals surface area contributed by atoms with Crippen molar-refractivity contribution in [2.24, 2.45) is 0 Å². The molecule has 0 fully saturated rings.